The van der Waals surface area contributed by atoms with E-state index in [1.807, 2.05) is 0 Å². The molecule has 0 aromatic heterocycles. The molecule has 1 amide bonds. The number of benzene rings is 1. The van der Waals surface area contributed by atoms with Crippen molar-refractivity contribution in [2.24, 2.45) is 0 Å². The molecule has 0 radical (unpaired) electrons. The van der Waals surface area contributed by atoms with Crippen LogP contribution in [0.4, 0.5) is 5.69 Å². The highest BCUT2D eigenvalue weighted by molar-refractivity contribution is 5.93. The minimum Gasteiger partial charge on any atom is -0.324 e. The zero-order chi connectivity index (χ0) is 16.9. The molecule has 1 unspecified atom stereocenters. The van der Waals surface area contributed by atoms with Crippen LogP contribution in [0.5, 0.6) is 0 Å². The number of piperidine rings is 1. The van der Waals surface area contributed by atoms with Gasteiger partial charge in [-0.05, 0) is 69.8 Å². The van der Waals surface area contributed by atoms with Crippen molar-refractivity contribution in [2.75, 3.05) is 38.0 Å². The molecule has 24 heavy (non-hydrogen) atoms. The molecule has 4 nitrogen and oxygen atoms in total. The number of nitrogens with one attached hydrogen (secondary N) is 1. The van der Waals surface area contributed by atoms with Gasteiger partial charge in [0.2, 0.25) is 5.91 Å². The molecular formula is C20H31N3O. The topological polar surface area (TPSA) is 35.6 Å². The summed E-state index contributed by atoms with van der Waals surface area (Å²) < 4.78 is 0. The Balaban J connectivity index is 1.56. The summed E-state index contributed by atoms with van der Waals surface area (Å²) in [6, 6.07) is 6.89. The Bertz CT molecular complexity index is 566. The quantitative estimate of drug-likeness (QED) is 0.902. The Hall–Kier alpha value is -1.39. The number of hydrogen-bond acceptors (Lipinski definition) is 3. The van der Waals surface area contributed by atoms with Crippen LogP contribution in [0.15, 0.2) is 18.2 Å². The maximum Gasteiger partial charge on any atom is 0.238 e. The third kappa shape index (κ3) is 4.17. The third-order valence-corrected chi connectivity index (χ3v) is 5.51. The van der Waals surface area contributed by atoms with Crippen molar-refractivity contribution in [1.29, 1.82) is 0 Å². The molecule has 0 saturated carbocycles. The van der Waals surface area contributed by atoms with Gasteiger partial charge in [-0.15, -0.1) is 0 Å². The van der Waals surface area contributed by atoms with Crippen molar-refractivity contribution in [3.8, 4) is 0 Å². The molecule has 1 atom stereocenters. The van der Waals surface area contributed by atoms with E-state index < -0.39 is 0 Å². The molecule has 1 aromatic rings. The number of anilines is 1. The summed E-state index contributed by atoms with van der Waals surface area (Å²) in [6.45, 7) is 9.30. The van der Waals surface area contributed by atoms with Crippen LogP contribution in [0.1, 0.15) is 43.7 Å². The molecule has 4 heteroatoms. The van der Waals surface area contributed by atoms with Gasteiger partial charge in [0.05, 0.1) is 6.54 Å². The zero-order valence-electron chi connectivity index (χ0n) is 15.2. The van der Waals surface area contributed by atoms with Gasteiger partial charge in [-0.1, -0.05) is 25.1 Å². The highest BCUT2D eigenvalue weighted by Crippen LogP contribution is 2.22. The molecule has 0 bridgehead atoms. The molecule has 2 aliphatic heterocycles. The Morgan fingerprint density at radius 2 is 2.00 bits per heavy atom. The lowest BCUT2D eigenvalue weighted by atomic mass is 10.0. The molecule has 2 fully saturated rings. The first kappa shape index (κ1) is 17.4. The predicted octanol–water partition coefficient (Wildman–Crippen LogP) is 3.06. The average molecular weight is 329 g/mol. The van der Waals surface area contributed by atoms with Gasteiger partial charge in [0.1, 0.15) is 0 Å². The summed E-state index contributed by atoms with van der Waals surface area (Å²) in [6.07, 6.45) is 6.11. The molecule has 1 aromatic carbocycles. The molecule has 3 rings (SSSR count). The number of rotatable bonds is 5. The number of hydrogen-bond donors (Lipinski definition) is 1. The van der Waals surface area contributed by atoms with Crippen LogP contribution in [0.25, 0.3) is 0 Å². The first-order chi connectivity index (χ1) is 11.7. The number of amides is 1. The highest BCUT2D eigenvalue weighted by Gasteiger charge is 2.27. The van der Waals surface area contributed by atoms with Crippen molar-refractivity contribution in [2.45, 2.75) is 52.0 Å². The van der Waals surface area contributed by atoms with Crippen LogP contribution in [0.2, 0.25) is 0 Å². The number of carbonyl (C=O) groups excluding carboxylic acids is 1. The molecule has 132 valence electrons. The lowest BCUT2D eigenvalue weighted by Gasteiger charge is -2.37. The van der Waals surface area contributed by atoms with Crippen molar-refractivity contribution >= 4 is 11.6 Å². The van der Waals surface area contributed by atoms with Crippen molar-refractivity contribution in [3.63, 3.8) is 0 Å². The molecule has 0 spiro atoms. The van der Waals surface area contributed by atoms with Crippen LogP contribution in [-0.4, -0.2) is 54.5 Å². The van der Waals surface area contributed by atoms with E-state index in [4.69, 9.17) is 0 Å². The number of likely N-dealkylation sites (tertiary alicyclic amines) is 2. The summed E-state index contributed by atoms with van der Waals surface area (Å²) in [7, 11) is 0. The largest absolute Gasteiger partial charge is 0.324 e. The van der Waals surface area contributed by atoms with Crippen LogP contribution in [0, 0.1) is 6.92 Å². The van der Waals surface area contributed by atoms with E-state index in [1.165, 1.54) is 44.3 Å². The summed E-state index contributed by atoms with van der Waals surface area (Å²) in [5, 5.41) is 3.17. The fraction of sp³-hybridized carbons (Fsp3) is 0.650. The summed E-state index contributed by atoms with van der Waals surface area (Å²) in [5.74, 6) is 0.126. The first-order valence-corrected chi connectivity index (χ1v) is 9.52. The second kappa shape index (κ2) is 8.13. The minimum absolute atomic E-state index is 0.126. The molecular weight excluding hydrogens is 298 g/mol. The van der Waals surface area contributed by atoms with E-state index >= 15 is 0 Å². The van der Waals surface area contributed by atoms with Gasteiger partial charge in [-0.25, -0.2) is 0 Å². The Morgan fingerprint density at radius 1 is 1.21 bits per heavy atom. The zero-order valence-corrected chi connectivity index (χ0v) is 15.2. The molecule has 0 aliphatic carbocycles. The summed E-state index contributed by atoms with van der Waals surface area (Å²) >= 11 is 0. The van der Waals surface area contributed by atoms with Gasteiger partial charge in [0.15, 0.2) is 0 Å². The van der Waals surface area contributed by atoms with E-state index in [-0.39, 0.29) is 5.91 Å². The third-order valence-electron chi connectivity index (χ3n) is 5.51. The smallest absolute Gasteiger partial charge is 0.238 e. The van der Waals surface area contributed by atoms with Crippen LogP contribution in [0.3, 0.4) is 0 Å². The second-order valence-electron chi connectivity index (χ2n) is 7.29. The fourth-order valence-electron chi connectivity index (χ4n) is 4.16. The van der Waals surface area contributed by atoms with Gasteiger partial charge in [0.25, 0.3) is 0 Å². The second-order valence-corrected chi connectivity index (χ2v) is 7.29. The normalized spacial score (nSPS) is 22.7. The van der Waals surface area contributed by atoms with E-state index in [0.717, 1.165) is 30.8 Å². The minimum atomic E-state index is 0.126. The number of carbonyl (C=O) groups is 1. The number of nitrogens with zero attached hydrogens (tertiary/aromatic N) is 2. The predicted molar refractivity (Wildman–Crippen MR) is 99.5 cm³/mol. The van der Waals surface area contributed by atoms with Crippen molar-refractivity contribution < 1.29 is 4.79 Å². The van der Waals surface area contributed by atoms with E-state index in [9.17, 15) is 4.79 Å². The van der Waals surface area contributed by atoms with Crippen molar-refractivity contribution in [3.05, 3.63) is 29.3 Å². The maximum atomic E-state index is 12.6. The Labute approximate surface area is 146 Å². The SMILES string of the molecule is CCc1cccc(C)c1NC(=O)CN1CCCC(N2CCCC2)C1. The van der Waals surface area contributed by atoms with Crippen LogP contribution in [-0.2, 0) is 11.2 Å². The van der Waals surface area contributed by atoms with Gasteiger partial charge >= 0.3 is 0 Å². The van der Waals surface area contributed by atoms with E-state index in [0.29, 0.717) is 12.6 Å². The van der Waals surface area contributed by atoms with E-state index in [2.05, 4.69) is 47.2 Å². The maximum absolute atomic E-state index is 12.6. The Kier molecular flexibility index (Phi) is 5.90. The van der Waals surface area contributed by atoms with Crippen LogP contribution >= 0.6 is 0 Å². The lowest BCUT2D eigenvalue weighted by Crippen LogP contribution is -2.48. The van der Waals surface area contributed by atoms with Crippen molar-refractivity contribution in [1.82, 2.24) is 9.80 Å². The molecule has 2 saturated heterocycles. The highest BCUT2D eigenvalue weighted by atomic mass is 16.2. The van der Waals surface area contributed by atoms with Crippen LogP contribution < -0.4 is 5.32 Å². The van der Waals surface area contributed by atoms with Gasteiger partial charge in [0, 0.05) is 18.3 Å². The molecule has 2 aliphatic rings. The summed E-state index contributed by atoms with van der Waals surface area (Å²) in [5.41, 5.74) is 3.38. The van der Waals surface area contributed by atoms with Gasteiger partial charge < -0.3 is 5.32 Å². The molecule has 1 N–H and O–H groups in total. The first-order valence-electron chi connectivity index (χ1n) is 9.52. The Morgan fingerprint density at radius 3 is 2.75 bits per heavy atom. The molecule has 2 heterocycles. The number of para-hydroxylation sites is 1. The summed E-state index contributed by atoms with van der Waals surface area (Å²) in [4.78, 5) is 17.5. The van der Waals surface area contributed by atoms with E-state index in [1.54, 1.807) is 0 Å². The fourth-order valence-corrected chi connectivity index (χ4v) is 4.16. The lowest BCUT2D eigenvalue weighted by molar-refractivity contribution is -0.117. The van der Waals surface area contributed by atoms with Gasteiger partial charge in [-0.3, -0.25) is 14.6 Å². The number of aryl methyl sites for hydroxylation is 2. The monoisotopic (exact) mass is 329 g/mol. The van der Waals surface area contributed by atoms with Gasteiger partial charge in [-0.2, -0.15) is 0 Å². The average Bonchev–Trinajstić information content (AvgIpc) is 3.11. The standard InChI is InChI=1S/C20H31N3O/c1-3-17-9-6-8-16(2)20(17)21-19(24)15-22-11-7-10-18(14-22)23-12-4-5-13-23/h6,8-9,18H,3-5,7,10-15H2,1-2H3,(H,21,24).